The van der Waals surface area contributed by atoms with E-state index in [1.165, 1.54) is 0 Å². The van der Waals surface area contributed by atoms with E-state index in [2.05, 4.69) is 48.1 Å². The second-order valence-electron chi connectivity index (χ2n) is 15.6. The van der Waals surface area contributed by atoms with Gasteiger partial charge in [-0.15, -0.1) is 0 Å². The van der Waals surface area contributed by atoms with Crippen molar-refractivity contribution in [2.45, 2.75) is 112 Å². The van der Waals surface area contributed by atoms with Gasteiger partial charge in [0.25, 0.3) is 0 Å². The molecule has 11 heteroatoms. The molecule has 234 valence electrons. The number of carbonyl (C=O) groups excluding carboxylic acids is 1. The molecule has 0 aliphatic heterocycles. The Hall–Kier alpha value is -0.850. The lowest BCUT2D eigenvalue weighted by Crippen LogP contribution is -2.68. The van der Waals surface area contributed by atoms with Gasteiger partial charge in [0.2, 0.25) is 0 Å². The molecule has 5 aliphatic rings. The number of fused-ring (bicyclic) bond motifs is 7. The van der Waals surface area contributed by atoms with Crippen LogP contribution in [0.25, 0.3) is 0 Å². The Morgan fingerprint density at radius 3 is 1.93 bits per heavy atom. The minimum atomic E-state index is -4.70. The highest BCUT2D eigenvalue weighted by molar-refractivity contribution is 7.81. The van der Waals surface area contributed by atoms with Crippen LogP contribution in [0, 0.1) is 56.7 Å². The molecule has 41 heavy (non-hydrogen) atoms. The van der Waals surface area contributed by atoms with Crippen LogP contribution in [0.1, 0.15) is 99.3 Å². The van der Waals surface area contributed by atoms with E-state index in [9.17, 15) is 30.7 Å². The van der Waals surface area contributed by atoms with E-state index in [0.717, 1.165) is 44.8 Å². The monoisotopic (exact) mass is 616 g/mol. The third kappa shape index (κ3) is 4.62. The predicted molar refractivity (Wildman–Crippen MR) is 153 cm³/mol. The maximum Gasteiger partial charge on any atom is 0.397 e. The smallest absolute Gasteiger partial charge is 0.298 e. The molecule has 0 saturated heterocycles. The molecule has 0 unspecified atom stereocenters. The second-order valence-corrected chi connectivity index (χ2v) is 17.7. The Morgan fingerprint density at radius 2 is 1.34 bits per heavy atom. The summed E-state index contributed by atoms with van der Waals surface area (Å²) in [6, 6.07) is 0. The third-order valence-electron chi connectivity index (χ3n) is 13.9. The standard InChI is InChI=1S/C30H48O9S2/c1-18(17-31)19-10-13-28(5)24(39-41(35,36)37)16-30(7)20(25(19)28)8-9-22-27(4)14-12-23(38-40(32,33)34)26(2,3)21(27)11-15-29(22,30)6/h17,19-25H,1,8-16H2,2-7H3,(H,32,33,34)(H,35,36,37)/t19-,20+,21-,22+,23-,24-,25+,27-,28+,29+,30+/m0/s1. The van der Waals surface area contributed by atoms with E-state index in [-0.39, 0.29) is 45.8 Å². The summed E-state index contributed by atoms with van der Waals surface area (Å²) in [5, 5.41) is 0. The molecule has 0 aromatic rings. The van der Waals surface area contributed by atoms with Gasteiger partial charge in [0.1, 0.15) is 6.29 Å². The number of aldehydes is 1. The van der Waals surface area contributed by atoms with Crippen LogP contribution >= 0.6 is 0 Å². The first-order chi connectivity index (χ1) is 18.6. The molecule has 5 aliphatic carbocycles. The van der Waals surface area contributed by atoms with Crippen molar-refractivity contribution in [3.8, 4) is 0 Å². The molecule has 0 amide bonds. The third-order valence-corrected chi connectivity index (χ3v) is 14.9. The van der Waals surface area contributed by atoms with Gasteiger partial charge >= 0.3 is 20.8 Å². The fraction of sp³-hybridized carbons (Fsp3) is 0.900. The van der Waals surface area contributed by atoms with Gasteiger partial charge in [-0.1, -0.05) is 48.1 Å². The van der Waals surface area contributed by atoms with Gasteiger partial charge in [0.05, 0.1) is 12.2 Å². The van der Waals surface area contributed by atoms with Crippen LogP contribution in [0.2, 0.25) is 0 Å². The van der Waals surface area contributed by atoms with E-state index in [1.54, 1.807) is 0 Å². The van der Waals surface area contributed by atoms with Crippen LogP contribution in [0.3, 0.4) is 0 Å². The molecule has 0 heterocycles. The van der Waals surface area contributed by atoms with Gasteiger partial charge in [-0.3, -0.25) is 13.9 Å². The fourth-order valence-electron chi connectivity index (χ4n) is 12.0. The highest BCUT2D eigenvalue weighted by Gasteiger charge is 2.72. The van der Waals surface area contributed by atoms with Crippen LogP contribution in [0.4, 0.5) is 0 Å². The molecular weight excluding hydrogens is 568 g/mol. The topological polar surface area (TPSA) is 144 Å². The minimum absolute atomic E-state index is 0.00402. The van der Waals surface area contributed by atoms with Crippen molar-refractivity contribution in [1.82, 2.24) is 0 Å². The molecule has 9 nitrogen and oxygen atoms in total. The zero-order valence-corrected chi connectivity index (χ0v) is 26.9. The van der Waals surface area contributed by atoms with E-state index >= 15 is 0 Å². The van der Waals surface area contributed by atoms with Gasteiger partial charge in [-0.2, -0.15) is 16.8 Å². The molecular formula is C30H48O9S2. The molecule has 0 radical (unpaired) electrons. The van der Waals surface area contributed by atoms with Gasteiger partial charge in [0, 0.05) is 0 Å². The first-order valence-electron chi connectivity index (χ1n) is 15.1. The van der Waals surface area contributed by atoms with Crippen molar-refractivity contribution < 1.29 is 39.1 Å². The SMILES string of the molecule is C=C(C=O)[C@@H]1CC[C@@]2(C)[C@H]1[C@H]1CC[C@@H]3[C@@]4(C)CC[C@H](OS(=O)(=O)O)C(C)(C)[C@@H]4CC[C@@]3(C)[C@]1(C)C[C@@H]2OS(=O)(=O)O. The Morgan fingerprint density at radius 1 is 0.756 bits per heavy atom. The number of hydrogen-bond acceptors (Lipinski definition) is 7. The van der Waals surface area contributed by atoms with Crippen molar-refractivity contribution >= 4 is 27.1 Å². The van der Waals surface area contributed by atoms with Crippen molar-refractivity contribution in [3.05, 3.63) is 12.2 Å². The van der Waals surface area contributed by atoms with Crippen molar-refractivity contribution in [2.24, 2.45) is 56.7 Å². The van der Waals surface area contributed by atoms with E-state index in [0.29, 0.717) is 24.8 Å². The van der Waals surface area contributed by atoms with Gasteiger partial charge < -0.3 is 0 Å². The van der Waals surface area contributed by atoms with Crippen molar-refractivity contribution in [2.75, 3.05) is 0 Å². The van der Waals surface area contributed by atoms with E-state index in [1.807, 2.05) is 0 Å². The Labute approximate surface area is 246 Å². The Bertz CT molecular complexity index is 1320. The predicted octanol–water partition coefficient (Wildman–Crippen LogP) is 5.83. The number of allylic oxidation sites excluding steroid dienone is 1. The normalized spacial score (nSPS) is 49.2. The van der Waals surface area contributed by atoms with E-state index in [4.69, 9.17) is 8.37 Å². The molecule has 0 spiro atoms. The molecule has 5 rings (SSSR count). The average Bonchev–Trinajstić information content (AvgIpc) is 3.18. The zero-order chi connectivity index (χ0) is 30.6. The van der Waals surface area contributed by atoms with Crippen LogP contribution in [0.5, 0.6) is 0 Å². The summed E-state index contributed by atoms with van der Waals surface area (Å²) in [7, 11) is -9.28. The molecule has 5 fully saturated rings. The quantitative estimate of drug-likeness (QED) is 0.214. The van der Waals surface area contributed by atoms with E-state index < -0.39 is 43.8 Å². The molecule has 5 saturated carbocycles. The zero-order valence-electron chi connectivity index (χ0n) is 25.3. The van der Waals surface area contributed by atoms with Crippen LogP contribution < -0.4 is 0 Å². The van der Waals surface area contributed by atoms with Crippen LogP contribution in [-0.2, 0) is 34.0 Å². The van der Waals surface area contributed by atoms with Gasteiger partial charge in [-0.05, 0) is 120 Å². The maximum atomic E-state index is 12.2. The molecule has 11 atom stereocenters. The summed E-state index contributed by atoms with van der Waals surface area (Å²) in [4.78, 5) is 12.0. The van der Waals surface area contributed by atoms with Gasteiger partial charge in [-0.25, -0.2) is 8.37 Å². The first-order valence-corrected chi connectivity index (χ1v) is 17.8. The fourth-order valence-corrected chi connectivity index (χ4v) is 13.2. The van der Waals surface area contributed by atoms with Crippen molar-refractivity contribution in [1.29, 1.82) is 0 Å². The highest BCUT2D eigenvalue weighted by Crippen LogP contribution is 2.77. The summed E-state index contributed by atoms with van der Waals surface area (Å²) >= 11 is 0. The molecule has 2 N–H and O–H groups in total. The lowest BCUT2D eigenvalue weighted by Gasteiger charge is -2.73. The molecule has 0 bridgehead atoms. The summed E-state index contributed by atoms with van der Waals surface area (Å²) in [5.41, 5.74) is -1.09. The lowest BCUT2D eigenvalue weighted by molar-refractivity contribution is -0.257. The second kappa shape index (κ2) is 9.57. The summed E-state index contributed by atoms with van der Waals surface area (Å²) in [5.74, 6) is 0.622. The summed E-state index contributed by atoms with van der Waals surface area (Å²) < 4.78 is 77.8. The Balaban J connectivity index is 1.57. The highest BCUT2D eigenvalue weighted by atomic mass is 32.3. The lowest BCUT2D eigenvalue weighted by atomic mass is 9.32. The summed E-state index contributed by atoms with van der Waals surface area (Å²) in [6.07, 6.45) is 6.37. The molecule has 0 aromatic heterocycles. The number of rotatable bonds is 6. The van der Waals surface area contributed by atoms with Gasteiger partial charge in [0.15, 0.2) is 0 Å². The van der Waals surface area contributed by atoms with Crippen molar-refractivity contribution in [3.63, 3.8) is 0 Å². The number of carbonyl (C=O) groups is 1. The maximum absolute atomic E-state index is 12.2. The molecule has 0 aromatic carbocycles. The first kappa shape index (κ1) is 31.6. The Kier molecular flexibility index (Phi) is 7.37. The minimum Gasteiger partial charge on any atom is -0.298 e. The van der Waals surface area contributed by atoms with Crippen LogP contribution in [0.15, 0.2) is 12.2 Å². The summed E-state index contributed by atoms with van der Waals surface area (Å²) in [6.45, 7) is 17.2. The number of hydrogen-bond donors (Lipinski definition) is 2. The largest absolute Gasteiger partial charge is 0.397 e. The van der Waals surface area contributed by atoms with Crippen LogP contribution in [-0.4, -0.2) is 44.4 Å². The average molecular weight is 617 g/mol.